The highest BCUT2D eigenvalue weighted by atomic mass is 32.2. The summed E-state index contributed by atoms with van der Waals surface area (Å²) in [6, 6.07) is 4.28. The summed E-state index contributed by atoms with van der Waals surface area (Å²) in [5.74, 6) is 0.139. The lowest BCUT2D eigenvalue weighted by atomic mass is 9.89. The minimum atomic E-state index is -3.47. The minimum Gasteiger partial charge on any atom is -0.382 e. The molecule has 5 heterocycles. The number of nitrogens with two attached hydrogens (primary N) is 1. The third-order valence-corrected chi connectivity index (χ3v) is 8.58. The zero-order valence-corrected chi connectivity index (χ0v) is 20.7. The molecule has 0 spiro atoms. The molecule has 1 aliphatic heterocycles. The van der Waals surface area contributed by atoms with Crippen molar-refractivity contribution in [3.63, 3.8) is 0 Å². The molecule has 0 bridgehead atoms. The second kappa shape index (κ2) is 8.15. The van der Waals surface area contributed by atoms with E-state index in [4.69, 9.17) is 10.7 Å². The van der Waals surface area contributed by atoms with Crippen molar-refractivity contribution in [1.29, 1.82) is 10.5 Å². The van der Waals surface area contributed by atoms with E-state index in [-0.39, 0.29) is 25.3 Å². The van der Waals surface area contributed by atoms with Gasteiger partial charge in [-0.1, -0.05) is 0 Å². The molecule has 36 heavy (non-hydrogen) atoms. The van der Waals surface area contributed by atoms with E-state index in [1.54, 1.807) is 59.6 Å². The maximum atomic E-state index is 12.6. The molecule has 1 saturated heterocycles. The van der Waals surface area contributed by atoms with Gasteiger partial charge in [0.1, 0.15) is 28.4 Å². The van der Waals surface area contributed by atoms with E-state index in [9.17, 15) is 18.9 Å². The Morgan fingerprint density at radius 1 is 1.17 bits per heavy atom. The van der Waals surface area contributed by atoms with Crippen molar-refractivity contribution in [3.05, 3.63) is 36.5 Å². The van der Waals surface area contributed by atoms with E-state index in [1.165, 1.54) is 10.5 Å². The Morgan fingerprint density at radius 2 is 1.92 bits per heavy atom. The van der Waals surface area contributed by atoms with Crippen molar-refractivity contribution in [3.8, 4) is 34.7 Å². The number of aryl methyl sites for hydroxylation is 1. The van der Waals surface area contributed by atoms with Crippen molar-refractivity contribution in [2.24, 2.45) is 7.05 Å². The lowest BCUT2D eigenvalue weighted by Gasteiger charge is -2.48. The summed E-state index contributed by atoms with van der Waals surface area (Å²) >= 11 is 0. The average molecular weight is 506 g/mol. The summed E-state index contributed by atoms with van der Waals surface area (Å²) in [6.45, 7) is 3.45. The fourth-order valence-electron chi connectivity index (χ4n) is 4.36. The second-order valence-electron chi connectivity index (χ2n) is 9.13. The summed E-state index contributed by atoms with van der Waals surface area (Å²) in [7, 11) is -1.68. The predicted octanol–water partition coefficient (Wildman–Crippen LogP) is 1.11. The van der Waals surface area contributed by atoms with E-state index in [0.717, 1.165) is 5.56 Å². The standard InChI is InChI=1S/C22H23N11O2S/c1-14(2)36(34,35)31-12-22(13-31,4-5-23)33-10-17(21(25)29-33)19-20-15(6-24)7-27-32(20)11-18(28-19)16-8-26-30(3)9-16/h7-11,14H,4,12-13H2,1-3H3,(H2,25,29). The van der Waals surface area contributed by atoms with Gasteiger partial charge in [0.2, 0.25) is 10.0 Å². The van der Waals surface area contributed by atoms with Crippen LogP contribution in [0.5, 0.6) is 0 Å². The molecular weight excluding hydrogens is 482 g/mol. The van der Waals surface area contributed by atoms with Crippen LogP contribution in [0.2, 0.25) is 0 Å². The van der Waals surface area contributed by atoms with Gasteiger partial charge in [-0.05, 0) is 13.8 Å². The van der Waals surface area contributed by atoms with Gasteiger partial charge in [-0.2, -0.15) is 30.1 Å². The summed E-state index contributed by atoms with van der Waals surface area (Å²) in [5, 5.41) is 31.6. The van der Waals surface area contributed by atoms with Gasteiger partial charge in [-0.3, -0.25) is 9.36 Å². The van der Waals surface area contributed by atoms with Gasteiger partial charge in [-0.25, -0.2) is 17.9 Å². The highest BCUT2D eigenvalue weighted by Crippen LogP contribution is 2.38. The Labute approximate surface area is 207 Å². The van der Waals surface area contributed by atoms with Crippen molar-refractivity contribution in [2.45, 2.75) is 31.1 Å². The third kappa shape index (κ3) is 3.50. The van der Waals surface area contributed by atoms with Crippen LogP contribution < -0.4 is 5.73 Å². The first-order valence-electron chi connectivity index (χ1n) is 11.1. The molecule has 1 fully saturated rings. The molecule has 4 aromatic rings. The molecule has 1 aliphatic rings. The summed E-state index contributed by atoms with van der Waals surface area (Å²) < 4.78 is 31.4. The molecule has 0 unspecified atom stereocenters. The monoisotopic (exact) mass is 505 g/mol. The summed E-state index contributed by atoms with van der Waals surface area (Å²) in [6.07, 6.45) is 8.34. The highest BCUT2D eigenvalue weighted by Gasteiger charge is 2.51. The summed E-state index contributed by atoms with van der Waals surface area (Å²) in [5.41, 5.74) is 8.41. The van der Waals surface area contributed by atoms with Crippen LogP contribution in [0.3, 0.4) is 0 Å². The molecule has 4 aromatic heterocycles. The van der Waals surface area contributed by atoms with Gasteiger partial charge >= 0.3 is 0 Å². The molecule has 0 amide bonds. The SMILES string of the molecule is CC(C)S(=O)(=O)N1CC(CC#N)(n2cc(-c3nc(-c4cnn(C)c4)cn4ncc(C#N)c34)c(N)n2)C1. The molecule has 0 aromatic carbocycles. The maximum absolute atomic E-state index is 12.6. The molecule has 184 valence electrons. The van der Waals surface area contributed by atoms with Gasteiger partial charge in [-0.15, -0.1) is 0 Å². The minimum absolute atomic E-state index is 0.0480. The number of nitrogens with zero attached hydrogens (tertiary/aromatic N) is 10. The Morgan fingerprint density at radius 3 is 2.53 bits per heavy atom. The fraction of sp³-hybridized carbons (Fsp3) is 0.364. The molecule has 0 atom stereocenters. The molecule has 0 radical (unpaired) electrons. The van der Waals surface area contributed by atoms with Gasteiger partial charge in [0.15, 0.2) is 5.82 Å². The third-order valence-electron chi connectivity index (χ3n) is 6.41. The quantitative estimate of drug-likeness (QED) is 0.402. The Bertz CT molecular complexity index is 1670. The van der Waals surface area contributed by atoms with E-state index in [2.05, 4.69) is 27.4 Å². The predicted molar refractivity (Wildman–Crippen MR) is 129 cm³/mol. The van der Waals surface area contributed by atoms with Gasteiger partial charge in [0, 0.05) is 38.1 Å². The van der Waals surface area contributed by atoms with Crippen LogP contribution >= 0.6 is 0 Å². The van der Waals surface area contributed by atoms with E-state index >= 15 is 0 Å². The number of nitrogen functional groups attached to an aromatic ring is 1. The number of sulfonamides is 1. The van der Waals surface area contributed by atoms with Gasteiger partial charge in [0.05, 0.1) is 47.6 Å². The highest BCUT2D eigenvalue weighted by molar-refractivity contribution is 7.89. The summed E-state index contributed by atoms with van der Waals surface area (Å²) in [4.78, 5) is 4.79. The smallest absolute Gasteiger partial charge is 0.216 e. The topological polar surface area (TPSA) is 177 Å². The van der Waals surface area contributed by atoms with E-state index in [0.29, 0.717) is 28.0 Å². The normalized spacial score (nSPS) is 15.6. The van der Waals surface area contributed by atoms with Crippen LogP contribution in [0.25, 0.3) is 28.0 Å². The molecule has 2 N–H and O–H groups in total. The molecular formula is C22H23N11O2S. The van der Waals surface area contributed by atoms with Crippen molar-refractivity contribution in [1.82, 2.24) is 38.5 Å². The molecule has 0 saturated carbocycles. The average Bonchev–Trinajstić information content (AvgIpc) is 3.53. The van der Waals surface area contributed by atoms with Crippen LogP contribution in [0.1, 0.15) is 25.8 Å². The number of nitriles is 2. The Kier molecular flexibility index (Phi) is 5.31. The number of hydrogen-bond acceptors (Lipinski definition) is 9. The zero-order chi connectivity index (χ0) is 25.8. The Hall–Kier alpha value is -4.27. The fourth-order valence-corrected chi connectivity index (χ4v) is 5.80. The van der Waals surface area contributed by atoms with E-state index < -0.39 is 20.8 Å². The largest absolute Gasteiger partial charge is 0.382 e. The molecule has 13 nitrogen and oxygen atoms in total. The second-order valence-corrected chi connectivity index (χ2v) is 11.6. The Balaban J connectivity index is 1.63. The van der Waals surface area contributed by atoms with E-state index in [1.807, 2.05) is 0 Å². The van der Waals surface area contributed by atoms with Crippen molar-refractivity contribution < 1.29 is 8.42 Å². The zero-order valence-electron chi connectivity index (χ0n) is 19.9. The molecule has 14 heteroatoms. The first-order chi connectivity index (χ1) is 17.1. The molecule has 0 aliphatic carbocycles. The van der Waals surface area contributed by atoms with Crippen LogP contribution in [0.15, 0.2) is 31.0 Å². The van der Waals surface area contributed by atoms with Crippen LogP contribution in [-0.2, 0) is 22.6 Å². The number of aromatic nitrogens is 7. The van der Waals surface area contributed by atoms with Crippen molar-refractivity contribution >= 4 is 21.4 Å². The first-order valence-corrected chi connectivity index (χ1v) is 12.6. The maximum Gasteiger partial charge on any atom is 0.216 e. The van der Waals surface area contributed by atoms with Crippen LogP contribution in [0.4, 0.5) is 5.82 Å². The van der Waals surface area contributed by atoms with Crippen LogP contribution in [0, 0.1) is 22.7 Å². The number of hydrogen-bond donors (Lipinski definition) is 1. The molecule has 5 rings (SSSR count). The lowest BCUT2D eigenvalue weighted by Crippen LogP contribution is -2.65. The number of anilines is 1. The van der Waals surface area contributed by atoms with Gasteiger partial charge in [0.25, 0.3) is 0 Å². The first kappa shape index (κ1) is 23.5. The number of fused-ring (bicyclic) bond motifs is 1. The van der Waals surface area contributed by atoms with Gasteiger partial charge < -0.3 is 5.73 Å². The lowest BCUT2D eigenvalue weighted by molar-refractivity contribution is 0.0714. The number of rotatable bonds is 6. The van der Waals surface area contributed by atoms with Crippen molar-refractivity contribution in [2.75, 3.05) is 18.8 Å². The van der Waals surface area contributed by atoms with Crippen LogP contribution in [-0.4, -0.2) is 65.2 Å².